The number of fused-ring (bicyclic) bond motifs is 1. The molecule has 146 valence electrons. The van der Waals surface area contributed by atoms with E-state index in [1.165, 1.54) is 22.0 Å². The molecular formula is C16H14N5NaO4S3. The molecule has 0 aliphatic carbocycles. The van der Waals surface area contributed by atoms with Gasteiger partial charge in [0.15, 0.2) is 10.8 Å². The number of carbonyl (C=O) groups excluding carboxylic acids is 2. The van der Waals surface area contributed by atoms with Gasteiger partial charge in [0, 0.05) is 23.3 Å². The second-order valence-electron chi connectivity index (χ2n) is 5.72. The maximum atomic E-state index is 12.6. The van der Waals surface area contributed by atoms with Crippen molar-refractivity contribution in [2.24, 2.45) is 5.16 Å². The number of thioether (sulfide) groups is 1. The number of oxime groups is 1. The monoisotopic (exact) mass is 459 g/mol. The Labute approximate surface area is 202 Å². The van der Waals surface area contributed by atoms with Crippen LogP contribution in [0.2, 0.25) is 0 Å². The minimum atomic E-state index is -0.881. The van der Waals surface area contributed by atoms with Gasteiger partial charge in [-0.25, -0.2) is 4.98 Å². The molecule has 3 rings (SSSR count). The Morgan fingerprint density at radius 3 is 2.90 bits per heavy atom. The number of thiocarbonyl (C=S) groups is 1. The summed E-state index contributed by atoms with van der Waals surface area (Å²) in [6.07, 6.45) is 0.349. The number of carbonyl (C=O) groups is 2. The summed E-state index contributed by atoms with van der Waals surface area (Å²) in [6.45, 7) is 1.69. The first-order chi connectivity index (χ1) is 13.4. The van der Waals surface area contributed by atoms with Crippen molar-refractivity contribution in [2.75, 3.05) is 11.5 Å². The van der Waals surface area contributed by atoms with Crippen LogP contribution in [-0.2, 0) is 9.59 Å². The van der Waals surface area contributed by atoms with Crippen LogP contribution in [0.15, 0.2) is 21.8 Å². The molecule has 2 atom stereocenters. The van der Waals surface area contributed by atoms with Crippen LogP contribution >= 0.6 is 35.3 Å². The SMILES string of the molecule is CC#CCC1=C(C([O-])=S)N2C(=O)[C@@H](NC(=O)/C(=N\O)c3csc(N)n3)[C@H]2SC1.[Na+]. The standard InChI is InChI=1S/C16H15N5O4S3.Na/c1-2-3-4-7-5-27-14-10(13(23)21(14)11(7)15(24)26)19-12(22)9(20-25)8-6-28-16(17)18-8;/h6,10,14,25H,4-5H2,1H3,(H2,17,18)(H,19,22)(H,24,26);/q;+1/p-1/b20-9-;/t10-,14-;/m1./s1. The molecule has 1 aromatic heterocycles. The Kier molecular flexibility index (Phi) is 8.10. The van der Waals surface area contributed by atoms with Crippen molar-refractivity contribution < 1.29 is 49.5 Å². The summed E-state index contributed by atoms with van der Waals surface area (Å²) in [7, 11) is 0. The van der Waals surface area contributed by atoms with Gasteiger partial charge in [0.1, 0.15) is 17.1 Å². The molecule has 1 fully saturated rings. The predicted octanol–water partition coefficient (Wildman–Crippen LogP) is -3.34. The van der Waals surface area contributed by atoms with Crippen molar-refractivity contribution >= 4 is 63.0 Å². The average Bonchev–Trinajstić information content (AvgIpc) is 3.09. The van der Waals surface area contributed by atoms with Crippen LogP contribution in [0, 0.1) is 11.8 Å². The van der Waals surface area contributed by atoms with E-state index in [0.29, 0.717) is 17.7 Å². The molecule has 0 spiro atoms. The molecular weight excluding hydrogens is 445 g/mol. The number of hydrogen-bond donors (Lipinski definition) is 3. The molecule has 13 heteroatoms. The van der Waals surface area contributed by atoms with Crippen LogP contribution in [0.3, 0.4) is 0 Å². The Morgan fingerprint density at radius 2 is 2.34 bits per heavy atom. The zero-order valence-corrected chi connectivity index (χ0v) is 19.9. The Balaban J connectivity index is 0.00000300. The van der Waals surface area contributed by atoms with Crippen molar-refractivity contribution in [3.63, 3.8) is 0 Å². The molecule has 3 heterocycles. The maximum absolute atomic E-state index is 12.6. The summed E-state index contributed by atoms with van der Waals surface area (Å²) < 4.78 is 0. The van der Waals surface area contributed by atoms with Gasteiger partial charge >= 0.3 is 29.6 Å². The van der Waals surface area contributed by atoms with Crippen molar-refractivity contribution in [3.8, 4) is 11.8 Å². The first-order valence-electron chi connectivity index (χ1n) is 7.91. The molecule has 29 heavy (non-hydrogen) atoms. The number of β-lactam (4-membered cyclic amide) rings is 1. The Bertz CT molecular complexity index is 981. The Morgan fingerprint density at radius 1 is 1.62 bits per heavy atom. The molecule has 0 saturated carbocycles. The molecule has 2 aliphatic heterocycles. The fraction of sp³-hybridized carbons (Fsp3) is 0.312. The molecule has 2 amide bonds. The summed E-state index contributed by atoms with van der Waals surface area (Å²) >= 11 is 7.27. The normalized spacial score (nSPS) is 20.7. The van der Waals surface area contributed by atoms with Gasteiger partial charge in [0.25, 0.3) is 11.8 Å². The van der Waals surface area contributed by atoms with Crippen LogP contribution < -0.4 is 45.7 Å². The third-order valence-electron chi connectivity index (χ3n) is 4.09. The van der Waals surface area contributed by atoms with Crippen molar-refractivity contribution in [2.45, 2.75) is 24.8 Å². The van der Waals surface area contributed by atoms with E-state index in [1.807, 2.05) is 0 Å². The van der Waals surface area contributed by atoms with Crippen LogP contribution in [-0.4, -0.2) is 54.8 Å². The summed E-state index contributed by atoms with van der Waals surface area (Å²) in [6, 6.07) is -0.881. The molecule has 2 aliphatic rings. The van der Waals surface area contributed by atoms with Gasteiger partial charge in [0.2, 0.25) is 0 Å². The molecule has 0 unspecified atom stereocenters. The zero-order chi connectivity index (χ0) is 20.4. The molecule has 1 aromatic rings. The minimum Gasteiger partial charge on any atom is -0.863 e. The van der Waals surface area contributed by atoms with Crippen molar-refractivity contribution in [1.29, 1.82) is 0 Å². The first kappa shape index (κ1) is 23.7. The van der Waals surface area contributed by atoms with Crippen LogP contribution in [0.4, 0.5) is 5.13 Å². The number of nitrogens with one attached hydrogen (secondary N) is 1. The third-order valence-corrected chi connectivity index (χ3v) is 6.29. The molecule has 0 bridgehead atoms. The number of anilines is 1. The van der Waals surface area contributed by atoms with Crippen LogP contribution in [0.5, 0.6) is 0 Å². The van der Waals surface area contributed by atoms with E-state index >= 15 is 0 Å². The average molecular weight is 460 g/mol. The number of hydrogen-bond acceptors (Lipinski definition) is 10. The number of nitrogen functional groups attached to an aromatic ring is 1. The van der Waals surface area contributed by atoms with E-state index in [9.17, 15) is 14.7 Å². The first-order valence-corrected chi connectivity index (χ1v) is 10.2. The quantitative estimate of drug-likeness (QED) is 0.0789. The van der Waals surface area contributed by atoms with Gasteiger partial charge in [-0.3, -0.25) is 14.5 Å². The fourth-order valence-electron chi connectivity index (χ4n) is 2.82. The van der Waals surface area contributed by atoms with Crippen molar-refractivity contribution in [3.05, 3.63) is 22.3 Å². The maximum Gasteiger partial charge on any atom is 1.00 e. The second kappa shape index (κ2) is 9.92. The number of aromatic nitrogens is 1. The summed E-state index contributed by atoms with van der Waals surface area (Å²) in [4.78, 5) is 30.3. The fourth-order valence-corrected chi connectivity index (χ4v) is 4.96. The van der Waals surface area contributed by atoms with E-state index in [0.717, 1.165) is 11.3 Å². The number of thiazole rings is 1. The minimum absolute atomic E-state index is 0. The van der Waals surface area contributed by atoms with Gasteiger partial charge in [-0.15, -0.1) is 29.0 Å². The van der Waals surface area contributed by atoms with Gasteiger partial charge < -0.3 is 21.4 Å². The van der Waals surface area contributed by atoms with E-state index in [4.69, 9.17) is 23.2 Å². The third kappa shape index (κ3) is 4.60. The van der Waals surface area contributed by atoms with Crippen LogP contribution in [0.1, 0.15) is 19.0 Å². The van der Waals surface area contributed by atoms with Gasteiger partial charge in [0.05, 0.1) is 0 Å². The van der Waals surface area contributed by atoms with Gasteiger partial charge in [-0.1, -0.05) is 23.3 Å². The molecule has 9 nitrogen and oxygen atoms in total. The van der Waals surface area contributed by atoms with Gasteiger partial charge in [-0.2, -0.15) is 0 Å². The van der Waals surface area contributed by atoms with Crippen LogP contribution in [0.25, 0.3) is 0 Å². The Hall–Kier alpha value is -1.62. The number of amides is 2. The van der Waals surface area contributed by atoms with E-state index < -0.39 is 28.3 Å². The van der Waals surface area contributed by atoms with Gasteiger partial charge in [-0.05, 0) is 17.5 Å². The topological polar surface area (TPSA) is 144 Å². The molecule has 4 N–H and O–H groups in total. The largest absolute Gasteiger partial charge is 1.00 e. The molecule has 0 radical (unpaired) electrons. The number of nitrogens with two attached hydrogens (primary N) is 1. The summed E-state index contributed by atoms with van der Waals surface area (Å²) in [5.74, 6) is 4.86. The number of nitrogens with zero attached hydrogens (tertiary/aromatic N) is 3. The van der Waals surface area contributed by atoms with E-state index in [2.05, 4.69) is 27.3 Å². The zero-order valence-electron chi connectivity index (χ0n) is 15.5. The van der Waals surface area contributed by atoms with E-state index in [1.54, 1.807) is 6.92 Å². The van der Waals surface area contributed by atoms with E-state index in [-0.39, 0.29) is 51.8 Å². The summed E-state index contributed by atoms with van der Waals surface area (Å²) in [5, 5.41) is 27.1. The second-order valence-corrected chi connectivity index (χ2v) is 8.09. The number of rotatable bonds is 5. The summed E-state index contributed by atoms with van der Waals surface area (Å²) in [5.41, 5.74) is 6.14. The van der Waals surface area contributed by atoms with Crippen molar-refractivity contribution in [1.82, 2.24) is 15.2 Å². The smallest absolute Gasteiger partial charge is 0.863 e. The molecule has 1 saturated heterocycles. The predicted molar refractivity (Wildman–Crippen MR) is 108 cm³/mol. The molecule has 0 aromatic carbocycles.